The number of methoxy groups -OCH3 is 1. The Morgan fingerprint density at radius 2 is 1.84 bits per heavy atom. The number of rotatable bonds is 6. The van der Waals surface area contributed by atoms with Crippen molar-refractivity contribution in [3.63, 3.8) is 0 Å². The third kappa shape index (κ3) is 5.57. The maximum atomic E-state index is 12.2. The Morgan fingerprint density at radius 1 is 1.28 bits per heavy atom. The molecule has 1 rings (SSSR count). The van der Waals surface area contributed by atoms with Crippen LogP contribution >= 0.6 is 0 Å². The first kappa shape index (κ1) is 21.7. The third-order valence-electron chi connectivity index (χ3n) is 5.02. The standard InChI is InChI=1S/C18H34N2O5/c1-7-10(8-2)14(19)13-12(20-17(23)25-18(3,4)5)9-11(15(13)21)16(22)24-6/h10-15,21H,7-9,19H2,1-6H3,(H,20,23)/t11-,12+,13-,14-,15-/m0/s1. The summed E-state index contributed by atoms with van der Waals surface area (Å²) in [7, 11) is 1.29. The molecule has 0 heterocycles. The Bertz CT molecular complexity index is 459. The summed E-state index contributed by atoms with van der Waals surface area (Å²) in [6, 6.07) is -0.774. The Labute approximate surface area is 150 Å². The topological polar surface area (TPSA) is 111 Å². The summed E-state index contributed by atoms with van der Waals surface area (Å²) in [5.74, 6) is -1.42. The van der Waals surface area contributed by atoms with Crippen LogP contribution in [0, 0.1) is 17.8 Å². The minimum atomic E-state index is -0.956. The second kappa shape index (κ2) is 8.85. The van der Waals surface area contributed by atoms with Crippen LogP contribution in [0.3, 0.4) is 0 Å². The SMILES string of the molecule is CCC(CC)[C@H](N)[C@H]1[C@@H](O)[C@@H](C(=O)OC)C[C@H]1NC(=O)OC(C)(C)C. The second-order valence-corrected chi connectivity index (χ2v) is 7.84. The predicted octanol–water partition coefficient (Wildman–Crippen LogP) is 1.81. The van der Waals surface area contributed by atoms with Crippen molar-refractivity contribution in [2.45, 2.75) is 77.7 Å². The summed E-state index contributed by atoms with van der Waals surface area (Å²) in [6.45, 7) is 9.43. The summed E-state index contributed by atoms with van der Waals surface area (Å²) in [4.78, 5) is 24.2. The van der Waals surface area contributed by atoms with E-state index in [0.717, 1.165) is 12.8 Å². The molecule has 0 aromatic carbocycles. The molecule has 0 bridgehead atoms. The van der Waals surface area contributed by atoms with Gasteiger partial charge < -0.3 is 25.6 Å². The summed E-state index contributed by atoms with van der Waals surface area (Å²) in [6.07, 6.45) is 0.484. The number of nitrogens with one attached hydrogen (secondary N) is 1. The highest BCUT2D eigenvalue weighted by molar-refractivity contribution is 5.74. The van der Waals surface area contributed by atoms with Crippen LogP contribution < -0.4 is 11.1 Å². The van der Waals surface area contributed by atoms with Crippen molar-refractivity contribution in [2.75, 3.05) is 7.11 Å². The van der Waals surface area contributed by atoms with E-state index < -0.39 is 41.6 Å². The fourth-order valence-corrected chi connectivity index (χ4v) is 3.72. The van der Waals surface area contributed by atoms with Crippen molar-refractivity contribution in [3.05, 3.63) is 0 Å². The lowest BCUT2D eigenvalue weighted by Gasteiger charge is -2.33. The first-order valence-electron chi connectivity index (χ1n) is 9.06. The van der Waals surface area contributed by atoms with E-state index >= 15 is 0 Å². The largest absolute Gasteiger partial charge is 0.469 e. The van der Waals surface area contributed by atoms with Crippen molar-refractivity contribution in [3.8, 4) is 0 Å². The van der Waals surface area contributed by atoms with Crippen LogP contribution in [0.2, 0.25) is 0 Å². The lowest BCUT2D eigenvalue weighted by molar-refractivity contribution is -0.149. The number of aliphatic hydroxyl groups is 1. The van der Waals surface area contributed by atoms with Crippen LogP contribution in [0.25, 0.3) is 0 Å². The molecule has 146 valence electrons. The second-order valence-electron chi connectivity index (χ2n) is 7.84. The zero-order chi connectivity index (χ0) is 19.4. The Kier molecular flexibility index (Phi) is 7.68. The van der Waals surface area contributed by atoms with Crippen LogP contribution in [0.1, 0.15) is 53.9 Å². The zero-order valence-electron chi connectivity index (χ0n) is 16.2. The monoisotopic (exact) mass is 358 g/mol. The number of hydrogen-bond acceptors (Lipinski definition) is 6. The number of alkyl carbamates (subject to hydrolysis) is 1. The lowest BCUT2D eigenvalue weighted by atomic mass is 9.81. The number of carbonyl (C=O) groups excluding carboxylic acids is 2. The highest BCUT2D eigenvalue weighted by Crippen LogP contribution is 2.37. The van der Waals surface area contributed by atoms with E-state index in [9.17, 15) is 14.7 Å². The van der Waals surface area contributed by atoms with Crippen LogP contribution in [-0.4, -0.2) is 48.1 Å². The number of hydrogen-bond donors (Lipinski definition) is 3. The Balaban J connectivity index is 3.00. The number of aliphatic hydroxyl groups excluding tert-OH is 1. The molecule has 5 atom stereocenters. The molecular weight excluding hydrogens is 324 g/mol. The molecule has 0 radical (unpaired) electrons. The van der Waals surface area contributed by atoms with Crippen LogP contribution in [0.5, 0.6) is 0 Å². The molecule has 1 aliphatic rings. The van der Waals surface area contributed by atoms with Crippen molar-refractivity contribution in [1.29, 1.82) is 0 Å². The molecule has 25 heavy (non-hydrogen) atoms. The van der Waals surface area contributed by atoms with Crippen LogP contribution in [0.15, 0.2) is 0 Å². The zero-order valence-corrected chi connectivity index (χ0v) is 16.2. The van der Waals surface area contributed by atoms with Gasteiger partial charge >= 0.3 is 12.1 Å². The van der Waals surface area contributed by atoms with Crippen molar-refractivity contribution in [1.82, 2.24) is 5.32 Å². The number of amides is 1. The van der Waals surface area contributed by atoms with Crippen molar-refractivity contribution in [2.24, 2.45) is 23.5 Å². The first-order chi connectivity index (χ1) is 11.6. The van der Waals surface area contributed by atoms with E-state index in [4.69, 9.17) is 15.2 Å². The highest BCUT2D eigenvalue weighted by Gasteiger charge is 2.50. The molecule has 0 aliphatic heterocycles. The summed E-state index contributed by atoms with van der Waals surface area (Å²) in [5, 5.41) is 13.5. The molecular formula is C18H34N2O5. The van der Waals surface area contributed by atoms with Gasteiger partial charge in [-0.05, 0) is 33.1 Å². The van der Waals surface area contributed by atoms with Gasteiger partial charge in [-0.25, -0.2) is 4.79 Å². The van der Waals surface area contributed by atoms with Gasteiger partial charge in [0.05, 0.1) is 19.1 Å². The minimum absolute atomic E-state index is 0.194. The Morgan fingerprint density at radius 3 is 2.28 bits per heavy atom. The number of carbonyl (C=O) groups is 2. The van der Waals surface area contributed by atoms with Gasteiger partial charge in [0.1, 0.15) is 5.60 Å². The maximum absolute atomic E-state index is 12.2. The molecule has 0 saturated heterocycles. The van der Waals surface area contributed by atoms with E-state index in [0.29, 0.717) is 0 Å². The molecule has 1 saturated carbocycles. The maximum Gasteiger partial charge on any atom is 0.407 e. The number of nitrogens with two attached hydrogens (primary N) is 1. The first-order valence-corrected chi connectivity index (χ1v) is 9.06. The average molecular weight is 358 g/mol. The van der Waals surface area contributed by atoms with E-state index in [1.54, 1.807) is 20.8 Å². The van der Waals surface area contributed by atoms with Gasteiger partial charge in [0, 0.05) is 18.0 Å². The van der Waals surface area contributed by atoms with Gasteiger partial charge in [0.2, 0.25) is 0 Å². The van der Waals surface area contributed by atoms with Gasteiger partial charge in [-0.15, -0.1) is 0 Å². The fourth-order valence-electron chi connectivity index (χ4n) is 3.72. The number of ether oxygens (including phenoxy) is 2. The van der Waals surface area contributed by atoms with E-state index in [-0.39, 0.29) is 18.4 Å². The van der Waals surface area contributed by atoms with Crippen molar-refractivity contribution >= 4 is 12.1 Å². The van der Waals surface area contributed by atoms with Gasteiger partial charge in [-0.2, -0.15) is 0 Å². The molecule has 0 aromatic heterocycles. The summed E-state index contributed by atoms with van der Waals surface area (Å²) < 4.78 is 10.1. The van der Waals surface area contributed by atoms with Crippen LogP contribution in [0.4, 0.5) is 4.79 Å². The van der Waals surface area contributed by atoms with Gasteiger partial charge in [0.15, 0.2) is 0 Å². The molecule has 4 N–H and O–H groups in total. The van der Waals surface area contributed by atoms with E-state index in [1.807, 2.05) is 13.8 Å². The van der Waals surface area contributed by atoms with E-state index in [1.165, 1.54) is 7.11 Å². The average Bonchev–Trinajstić information content (AvgIpc) is 2.81. The molecule has 1 fully saturated rings. The summed E-state index contributed by atoms with van der Waals surface area (Å²) in [5.41, 5.74) is 5.80. The predicted molar refractivity (Wildman–Crippen MR) is 94.8 cm³/mol. The number of esters is 1. The van der Waals surface area contributed by atoms with Gasteiger partial charge in [-0.3, -0.25) is 4.79 Å². The molecule has 1 aliphatic carbocycles. The quantitative estimate of drug-likeness (QED) is 0.625. The molecule has 0 aromatic rings. The summed E-state index contributed by atoms with van der Waals surface area (Å²) >= 11 is 0. The van der Waals surface area contributed by atoms with Gasteiger partial charge in [0.25, 0.3) is 0 Å². The fraction of sp³-hybridized carbons (Fsp3) is 0.889. The Hall–Kier alpha value is -1.34. The smallest absolute Gasteiger partial charge is 0.407 e. The molecule has 1 amide bonds. The minimum Gasteiger partial charge on any atom is -0.469 e. The van der Waals surface area contributed by atoms with Crippen molar-refractivity contribution < 1.29 is 24.2 Å². The molecule has 0 unspecified atom stereocenters. The van der Waals surface area contributed by atoms with Crippen LogP contribution in [-0.2, 0) is 14.3 Å². The normalized spacial score (nSPS) is 27.9. The molecule has 0 spiro atoms. The molecule has 7 nitrogen and oxygen atoms in total. The van der Waals surface area contributed by atoms with E-state index in [2.05, 4.69) is 5.32 Å². The lowest BCUT2D eigenvalue weighted by Crippen LogP contribution is -2.51. The molecule has 7 heteroatoms. The highest BCUT2D eigenvalue weighted by atomic mass is 16.6. The van der Waals surface area contributed by atoms with Gasteiger partial charge in [-0.1, -0.05) is 26.7 Å². The third-order valence-corrected chi connectivity index (χ3v) is 5.02.